The van der Waals surface area contributed by atoms with Crippen molar-refractivity contribution in [2.45, 2.75) is 18.5 Å². The fraction of sp³-hybridized carbons (Fsp3) is 0.300. The van der Waals surface area contributed by atoms with Gasteiger partial charge in [0, 0.05) is 19.2 Å². The molecule has 0 spiro atoms. The molecule has 3 heterocycles. The Kier molecular flexibility index (Phi) is 4.35. The van der Waals surface area contributed by atoms with Crippen LogP contribution < -0.4 is 4.90 Å². The van der Waals surface area contributed by atoms with Crippen LogP contribution in [0.2, 0.25) is 5.02 Å². The Balaban J connectivity index is 1.58. The monoisotopic (exact) mass is 430 g/mol. The minimum Gasteiger partial charge on any atom is -0.274 e. The Morgan fingerprint density at radius 2 is 1.67 bits per heavy atom. The summed E-state index contributed by atoms with van der Waals surface area (Å²) in [6.45, 7) is 1.33. The third-order valence-electron chi connectivity index (χ3n) is 6.00. The van der Waals surface area contributed by atoms with Crippen LogP contribution in [-0.2, 0) is 9.59 Å². The largest absolute Gasteiger partial charge is 0.289 e. The van der Waals surface area contributed by atoms with Crippen molar-refractivity contribution in [2.24, 2.45) is 5.92 Å². The van der Waals surface area contributed by atoms with E-state index in [0.717, 1.165) is 23.0 Å². The summed E-state index contributed by atoms with van der Waals surface area (Å²) in [5, 5.41) is 15.1. The van der Waals surface area contributed by atoms with Crippen molar-refractivity contribution in [1.82, 2.24) is 10.0 Å². The minimum absolute atomic E-state index is 0.0713. The topological polar surface area (TPSA) is 87.0 Å². The van der Waals surface area contributed by atoms with Crippen molar-refractivity contribution in [2.75, 3.05) is 18.0 Å². The van der Waals surface area contributed by atoms with Crippen molar-refractivity contribution in [1.29, 1.82) is 0 Å². The Bertz CT molecular complexity index is 1080. The Morgan fingerprint density at radius 1 is 1.00 bits per heavy atom. The lowest BCUT2D eigenvalue weighted by atomic mass is 9.90. The minimum atomic E-state index is -0.690. The summed E-state index contributed by atoms with van der Waals surface area (Å²) in [6.07, 6.45) is 0.842. The predicted molar refractivity (Wildman–Crippen MR) is 105 cm³/mol. The maximum atomic E-state index is 13.4. The third kappa shape index (κ3) is 2.66. The molecule has 5 rings (SSSR count). The zero-order valence-electron chi connectivity index (χ0n) is 15.6. The predicted octanol–water partition coefficient (Wildman–Crippen LogP) is 2.92. The smallest absolute Gasteiger partial charge is 0.274 e. The first-order valence-electron chi connectivity index (χ1n) is 9.49. The quantitative estimate of drug-likeness (QED) is 0.423. The molecule has 154 valence electrons. The third-order valence-corrected chi connectivity index (χ3v) is 6.32. The van der Waals surface area contributed by atoms with Crippen LogP contribution in [0.1, 0.15) is 18.0 Å². The molecule has 3 atom stereocenters. The van der Waals surface area contributed by atoms with E-state index in [1.54, 1.807) is 12.1 Å². The standard InChI is InChI=1S/C20H16ClFN4O4/c21-14-7-6-13(10-15(14)26(29)30)25-19(27)16-17(11-2-4-12(22)5-3-11)23-8-1-9-24(23)18(16)20(25)28/h2-7,10,16-18H,1,8-9H2/t16-,17-,18-/m1/s1. The average molecular weight is 431 g/mol. The van der Waals surface area contributed by atoms with Gasteiger partial charge < -0.3 is 0 Å². The lowest BCUT2D eigenvalue weighted by molar-refractivity contribution is -0.384. The number of benzene rings is 2. The molecular weight excluding hydrogens is 415 g/mol. The van der Waals surface area contributed by atoms with Crippen LogP contribution in [0, 0.1) is 21.8 Å². The number of hydrazine groups is 1. The second-order valence-corrected chi connectivity index (χ2v) is 7.96. The second-order valence-electron chi connectivity index (χ2n) is 7.55. The summed E-state index contributed by atoms with van der Waals surface area (Å²) in [6, 6.07) is 8.73. The molecule has 3 saturated heterocycles. The summed E-state index contributed by atoms with van der Waals surface area (Å²) < 4.78 is 13.4. The molecule has 2 aromatic carbocycles. The van der Waals surface area contributed by atoms with Crippen LogP contribution in [0.3, 0.4) is 0 Å². The molecule has 30 heavy (non-hydrogen) atoms. The highest BCUT2D eigenvalue weighted by Crippen LogP contribution is 2.49. The van der Waals surface area contributed by atoms with Gasteiger partial charge in [0.1, 0.15) is 16.9 Å². The van der Waals surface area contributed by atoms with Crippen LogP contribution in [0.15, 0.2) is 42.5 Å². The van der Waals surface area contributed by atoms with Crippen molar-refractivity contribution in [3.63, 3.8) is 0 Å². The van der Waals surface area contributed by atoms with Crippen molar-refractivity contribution in [3.05, 3.63) is 69.0 Å². The number of rotatable bonds is 3. The van der Waals surface area contributed by atoms with Gasteiger partial charge in [0.2, 0.25) is 5.91 Å². The Morgan fingerprint density at radius 3 is 2.33 bits per heavy atom. The van der Waals surface area contributed by atoms with Crippen LogP contribution >= 0.6 is 11.6 Å². The summed E-state index contributed by atoms with van der Waals surface area (Å²) in [5.74, 6) is -1.91. The number of fused-ring (bicyclic) bond motifs is 3. The van der Waals surface area contributed by atoms with E-state index in [9.17, 15) is 24.1 Å². The molecule has 0 radical (unpaired) electrons. The fourth-order valence-electron chi connectivity index (χ4n) is 4.81. The molecule has 2 aromatic rings. The highest BCUT2D eigenvalue weighted by molar-refractivity contribution is 6.33. The molecule has 10 heteroatoms. The molecule has 0 bridgehead atoms. The van der Waals surface area contributed by atoms with Crippen LogP contribution in [0.4, 0.5) is 15.8 Å². The first-order valence-corrected chi connectivity index (χ1v) is 9.86. The number of nitrogens with zero attached hydrogens (tertiary/aromatic N) is 4. The first-order chi connectivity index (χ1) is 14.4. The van der Waals surface area contributed by atoms with Crippen LogP contribution in [0.5, 0.6) is 0 Å². The van der Waals surface area contributed by atoms with Gasteiger partial charge in [-0.1, -0.05) is 23.7 Å². The number of imide groups is 1. The number of halogens is 2. The number of carbonyl (C=O) groups is 2. The van der Waals surface area contributed by atoms with E-state index in [1.165, 1.54) is 24.3 Å². The van der Waals surface area contributed by atoms with Crippen LogP contribution in [-0.4, -0.2) is 45.9 Å². The molecule has 0 saturated carbocycles. The van der Waals surface area contributed by atoms with E-state index in [1.807, 2.05) is 10.0 Å². The fourth-order valence-corrected chi connectivity index (χ4v) is 4.99. The highest BCUT2D eigenvalue weighted by atomic mass is 35.5. The van der Waals surface area contributed by atoms with E-state index in [2.05, 4.69) is 0 Å². The molecule has 8 nitrogen and oxygen atoms in total. The molecule has 3 aliphatic rings. The SMILES string of the molecule is O=C1[C@@H]2[C@@H](c3ccc(F)cc3)N3CCCN3[C@H]2C(=O)N1c1ccc(Cl)c([N+](=O)[O-])c1. The highest BCUT2D eigenvalue weighted by Gasteiger charge is 2.62. The number of amides is 2. The summed E-state index contributed by atoms with van der Waals surface area (Å²) in [7, 11) is 0. The van der Waals surface area contributed by atoms with E-state index in [4.69, 9.17) is 11.6 Å². The second kappa shape index (κ2) is 6.83. The van der Waals surface area contributed by atoms with Crippen molar-refractivity contribution in [3.8, 4) is 0 Å². The molecule has 0 N–H and O–H groups in total. The summed E-state index contributed by atoms with van der Waals surface area (Å²) in [5.41, 5.74) is 0.504. The molecule has 3 fully saturated rings. The maximum Gasteiger partial charge on any atom is 0.289 e. The lowest BCUT2D eigenvalue weighted by Crippen LogP contribution is -2.44. The van der Waals surface area contributed by atoms with Gasteiger partial charge in [0.15, 0.2) is 0 Å². The van der Waals surface area contributed by atoms with Gasteiger partial charge in [-0.2, -0.15) is 0 Å². The normalized spacial score (nSPS) is 26.3. The summed E-state index contributed by atoms with van der Waals surface area (Å²) >= 11 is 5.88. The van der Waals surface area contributed by atoms with Gasteiger partial charge in [0.25, 0.3) is 11.6 Å². The Labute approximate surface area is 175 Å². The molecule has 3 aliphatic heterocycles. The number of anilines is 1. The number of hydrogen-bond acceptors (Lipinski definition) is 6. The van der Waals surface area contributed by atoms with E-state index >= 15 is 0 Å². The molecule has 0 unspecified atom stereocenters. The zero-order valence-corrected chi connectivity index (χ0v) is 16.3. The van der Waals surface area contributed by atoms with E-state index < -0.39 is 34.7 Å². The Hall–Kier alpha value is -2.88. The van der Waals surface area contributed by atoms with Gasteiger partial charge in [-0.25, -0.2) is 19.3 Å². The van der Waals surface area contributed by atoms with Crippen LogP contribution in [0.25, 0.3) is 0 Å². The van der Waals surface area contributed by atoms with Crippen molar-refractivity contribution < 1.29 is 18.9 Å². The molecule has 0 aromatic heterocycles. The first kappa shape index (κ1) is 19.1. The summed E-state index contributed by atoms with van der Waals surface area (Å²) in [4.78, 5) is 38.3. The average Bonchev–Trinajstić information content (AvgIpc) is 3.36. The number of nitro benzene ring substituents is 1. The molecule has 0 aliphatic carbocycles. The van der Waals surface area contributed by atoms with Crippen molar-refractivity contribution >= 4 is 34.8 Å². The number of carbonyl (C=O) groups excluding carboxylic acids is 2. The van der Waals surface area contributed by atoms with E-state index in [0.29, 0.717) is 13.1 Å². The molecule has 2 amide bonds. The number of nitro groups is 1. The van der Waals surface area contributed by atoms with E-state index in [-0.39, 0.29) is 22.2 Å². The van der Waals surface area contributed by atoms with Gasteiger partial charge in [-0.05, 0) is 36.2 Å². The lowest BCUT2D eigenvalue weighted by Gasteiger charge is -2.29. The zero-order chi connectivity index (χ0) is 21.2. The molecular formula is C20H16ClFN4O4. The van der Waals surface area contributed by atoms with Gasteiger partial charge in [0.05, 0.1) is 22.6 Å². The van der Waals surface area contributed by atoms with Gasteiger partial charge in [-0.3, -0.25) is 19.7 Å². The maximum absolute atomic E-state index is 13.4. The van der Waals surface area contributed by atoms with Gasteiger partial charge in [-0.15, -0.1) is 0 Å². The van der Waals surface area contributed by atoms with Gasteiger partial charge >= 0.3 is 0 Å². The number of hydrogen-bond donors (Lipinski definition) is 0.